The lowest BCUT2D eigenvalue weighted by molar-refractivity contribution is -0.122. The highest BCUT2D eigenvalue weighted by Gasteiger charge is 2.34. The fraction of sp³-hybridized carbons (Fsp3) is 0.533. The summed E-state index contributed by atoms with van der Waals surface area (Å²) in [5.41, 5.74) is 0.918. The van der Waals surface area contributed by atoms with Gasteiger partial charge in [0, 0.05) is 30.9 Å². The molecule has 0 unspecified atom stereocenters. The number of aryl methyl sites for hydroxylation is 1. The van der Waals surface area contributed by atoms with Crippen molar-refractivity contribution in [2.24, 2.45) is 0 Å². The van der Waals surface area contributed by atoms with Crippen LogP contribution in [0.3, 0.4) is 0 Å². The highest BCUT2D eigenvalue weighted by molar-refractivity contribution is 7.99. The summed E-state index contributed by atoms with van der Waals surface area (Å²) in [6, 6.07) is 7.64. The number of carbonyl (C=O) groups is 1. The van der Waals surface area contributed by atoms with Gasteiger partial charge in [0.05, 0.1) is 5.60 Å². The van der Waals surface area contributed by atoms with Crippen molar-refractivity contribution >= 4 is 29.3 Å². The number of hydrogen-bond donors (Lipinski definition) is 1. The summed E-state index contributed by atoms with van der Waals surface area (Å²) < 4.78 is 5.57. The fourth-order valence-electron chi connectivity index (χ4n) is 2.26. The summed E-state index contributed by atoms with van der Waals surface area (Å²) >= 11 is 7.80. The van der Waals surface area contributed by atoms with E-state index < -0.39 is 0 Å². The molecule has 0 spiro atoms. The second-order valence-electron chi connectivity index (χ2n) is 5.10. The molecule has 1 aromatic carbocycles. The molecule has 1 aliphatic rings. The van der Waals surface area contributed by atoms with E-state index >= 15 is 0 Å². The number of nitrogens with one attached hydrogen (secondary N) is 1. The van der Waals surface area contributed by atoms with Crippen molar-refractivity contribution < 1.29 is 9.53 Å². The molecule has 0 aromatic heterocycles. The number of benzene rings is 1. The molecule has 0 radical (unpaired) electrons. The molecule has 0 saturated carbocycles. The number of carbonyl (C=O) groups excluding carboxylic acids is 1. The molecular weight excluding hydrogens is 294 g/mol. The summed E-state index contributed by atoms with van der Waals surface area (Å²) in [5.74, 6) is 2.13. The molecule has 3 nitrogen and oxygen atoms in total. The number of methoxy groups -OCH3 is 1. The summed E-state index contributed by atoms with van der Waals surface area (Å²) in [7, 11) is 1.73. The van der Waals surface area contributed by atoms with E-state index in [4.69, 9.17) is 16.3 Å². The van der Waals surface area contributed by atoms with Crippen LogP contribution in [-0.4, -0.2) is 36.7 Å². The lowest BCUT2D eigenvalue weighted by Gasteiger charge is -2.26. The monoisotopic (exact) mass is 313 g/mol. The smallest absolute Gasteiger partial charge is 0.220 e. The lowest BCUT2D eigenvalue weighted by Crippen LogP contribution is -2.44. The third kappa shape index (κ3) is 4.40. The van der Waals surface area contributed by atoms with Crippen LogP contribution < -0.4 is 5.32 Å². The van der Waals surface area contributed by atoms with Crippen molar-refractivity contribution in [2.75, 3.05) is 25.2 Å². The number of rotatable bonds is 6. The first-order chi connectivity index (χ1) is 9.63. The summed E-state index contributed by atoms with van der Waals surface area (Å²) in [4.78, 5) is 11.9. The van der Waals surface area contributed by atoms with Gasteiger partial charge in [0.25, 0.3) is 0 Å². The van der Waals surface area contributed by atoms with Gasteiger partial charge in [-0.25, -0.2) is 0 Å². The Morgan fingerprint density at radius 1 is 1.55 bits per heavy atom. The zero-order chi connectivity index (χ0) is 14.4. The summed E-state index contributed by atoms with van der Waals surface area (Å²) in [6.07, 6.45) is 2.19. The third-order valence-corrected chi connectivity index (χ3v) is 5.10. The van der Waals surface area contributed by atoms with Crippen molar-refractivity contribution in [3.63, 3.8) is 0 Å². The highest BCUT2D eigenvalue weighted by Crippen LogP contribution is 2.30. The second kappa shape index (κ2) is 7.34. The first-order valence-corrected chi connectivity index (χ1v) is 8.31. The van der Waals surface area contributed by atoms with Crippen molar-refractivity contribution in [3.8, 4) is 0 Å². The molecule has 20 heavy (non-hydrogen) atoms. The second-order valence-corrected chi connectivity index (χ2v) is 6.64. The minimum atomic E-state index is -0.170. The molecule has 1 aromatic rings. The quantitative estimate of drug-likeness (QED) is 0.877. The van der Waals surface area contributed by atoms with Crippen LogP contribution in [0.25, 0.3) is 0 Å². The zero-order valence-corrected chi connectivity index (χ0v) is 13.2. The van der Waals surface area contributed by atoms with Crippen molar-refractivity contribution in [1.29, 1.82) is 0 Å². The minimum Gasteiger partial charge on any atom is -0.376 e. The van der Waals surface area contributed by atoms with Crippen LogP contribution in [0.5, 0.6) is 0 Å². The number of thioether (sulfide) groups is 1. The van der Waals surface area contributed by atoms with Crippen LogP contribution in [0.1, 0.15) is 18.4 Å². The van der Waals surface area contributed by atoms with Crippen LogP contribution in [0, 0.1) is 0 Å². The average Bonchev–Trinajstić information content (AvgIpc) is 2.92. The van der Waals surface area contributed by atoms with Gasteiger partial charge >= 0.3 is 0 Å². The van der Waals surface area contributed by atoms with E-state index in [2.05, 4.69) is 5.32 Å². The Bertz CT molecular complexity index is 461. The summed E-state index contributed by atoms with van der Waals surface area (Å²) in [5, 5.41) is 3.70. The van der Waals surface area contributed by atoms with Crippen LogP contribution in [0.2, 0.25) is 5.02 Å². The van der Waals surface area contributed by atoms with E-state index in [-0.39, 0.29) is 11.5 Å². The Balaban J connectivity index is 1.75. The molecule has 110 valence electrons. The van der Waals surface area contributed by atoms with E-state index in [9.17, 15) is 4.79 Å². The van der Waals surface area contributed by atoms with Gasteiger partial charge in [-0.3, -0.25) is 4.79 Å². The zero-order valence-electron chi connectivity index (χ0n) is 11.7. The first-order valence-electron chi connectivity index (χ1n) is 6.78. The Morgan fingerprint density at radius 2 is 2.40 bits per heavy atom. The van der Waals surface area contributed by atoms with Crippen molar-refractivity contribution in [2.45, 2.75) is 24.9 Å². The molecule has 1 N–H and O–H groups in total. The first kappa shape index (κ1) is 15.7. The standard InChI is InChI=1S/C15H20ClNO2S/c1-19-15(7-8-20-11-15)10-17-14(18)6-5-12-3-2-4-13(16)9-12/h2-4,9H,5-8,10-11H2,1H3,(H,17,18)/t15-/m1/s1. The van der Waals surface area contributed by atoms with Gasteiger partial charge in [-0.2, -0.15) is 11.8 Å². The molecule has 1 atom stereocenters. The fourth-order valence-corrected chi connectivity index (χ4v) is 3.87. The molecule has 0 aliphatic carbocycles. The van der Waals surface area contributed by atoms with Crippen molar-refractivity contribution in [3.05, 3.63) is 34.9 Å². The van der Waals surface area contributed by atoms with E-state index in [1.165, 1.54) is 0 Å². The lowest BCUT2D eigenvalue weighted by atomic mass is 10.0. The normalized spacial score (nSPS) is 21.9. The predicted molar refractivity (Wildman–Crippen MR) is 84.5 cm³/mol. The molecule has 0 bridgehead atoms. The predicted octanol–water partition coefficient (Wildman–Crippen LogP) is 2.91. The Hall–Kier alpha value is -0.710. The Morgan fingerprint density at radius 3 is 3.05 bits per heavy atom. The van der Waals surface area contributed by atoms with E-state index in [1.807, 2.05) is 36.0 Å². The molecule has 1 amide bonds. The van der Waals surface area contributed by atoms with Gasteiger partial charge < -0.3 is 10.1 Å². The maximum absolute atomic E-state index is 11.9. The number of amides is 1. The Labute approximate surface area is 129 Å². The van der Waals surface area contributed by atoms with Gasteiger partial charge in [-0.15, -0.1) is 0 Å². The average molecular weight is 314 g/mol. The highest BCUT2D eigenvalue weighted by atomic mass is 35.5. The van der Waals surface area contributed by atoms with Gasteiger partial charge in [-0.05, 0) is 36.3 Å². The molecule has 1 heterocycles. The number of ether oxygens (including phenoxy) is 1. The molecule has 1 fully saturated rings. The van der Waals surface area contributed by atoms with Gasteiger partial charge in [0.1, 0.15) is 0 Å². The molecular formula is C15H20ClNO2S. The van der Waals surface area contributed by atoms with Gasteiger partial charge in [0.15, 0.2) is 0 Å². The SMILES string of the molecule is CO[C@@]1(CNC(=O)CCc2cccc(Cl)c2)CCSC1. The van der Waals surface area contributed by atoms with Crippen LogP contribution in [0.4, 0.5) is 0 Å². The van der Waals surface area contributed by atoms with Crippen LogP contribution >= 0.6 is 23.4 Å². The maximum Gasteiger partial charge on any atom is 0.220 e. The van der Waals surface area contributed by atoms with E-state index in [0.29, 0.717) is 24.4 Å². The van der Waals surface area contributed by atoms with Gasteiger partial charge in [-0.1, -0.05) is 23.7 Å². The van der Waals surface area contributed by atoms with Gasteiger partial charge in [0.2, 0.25) is 5.91 Å². The molecule has 2 rings (SSSR count). The topological polar surface area (TPSA) is 38.3 Å². The maximum atomic E-state index is 11.9. The van der Waals surface area contributed by atoms with Crippen LogP contribution in [0.15, 0.2) is 24.3 Å². The number of hydrogen-bond acceptors (Lipinski definition) is 3. The largest absolute Gasteiger partial charge is 0.376 e. The van der Waals surface area contributed by atoms with Crippen LogP contribution in [-0.2, 0) is 16.0 Å². The number of halogens is 1. The van der Waals surface area contributed by atoms with Crippen molar-refractivity contribution in [1.82, 2.24) is 5.32 Å². The third-order valence-electron chi connectivity index (χ3n) is 3.64. The van der Waals surface area contributed by atoms with E-state index in [1.54, 1.807) is 7.11 Å². The minimum absolute atomic E-state index is 0.0679. The molecule has 5 heteroatoms. The summed E-state index contributed by atoms with van der Waals surface area (Å²) in [6.45, 7) is 0.602. The Kier molecular flexibility index (Phi) is 5.75. The van der Waals surface area contributed by atoms with E-state index in [0.717, 1.165) is 23.5 Å². The molecule has 1 aliphatic heterocycles. The molecule has 1 saturated heterocycles.